The summed E-state index contributed by atoms with van der Waals surface area (Å²) in [5.41, 5.74) is 6.14. The predicted molar refractivity (Wildman–Crippen MR) is 65.9 cm³/mol. The monoisotopic (exact) mass is 238 g/mol. The largest absolute Gasteiger partial charge is 0.349 e. The average molecular weight is 238 g/mol. The summed E-state index contributed by atoms with van der Waals surface area (Å²) < 4.78 is 13.1. The quantitative estimate of drug-likeness (QED) is 0.797. The predicted octanol–water partition coefficient (Wildman–Crippen LogP) is 2.13. The van der Waals surface area contributed by atoms with Crippen LogP contribution in [0.1, 0.15) is 37.8 Å². The van der Waals surface area contributed by atoms with Crippen molar-refractivity contribution in [3.05, 3.63) is 35.6 Å². The van der Waals surface area contributed by atoms with Crippen LogP contribution in [0.15, 0.2) is 24.3 Å². The molecule has 1 unspecified atom stereocenters. The molecule has 4 heteroatoms. The van der Waals surface area contributed by atoms with E-state index in [1.807, 2.05) is 13.0 Å². The molecule has 0 fully saturated rings. The Hall–Kier alpha value is -1.42. The second kappa shape index (κ2) is 7.01. The minimum atomic E-state index is -0.280. The van der Waals surface area contributed by atoms with Gasteiger partial charge in [0, 0.05) is 6.42 Å². The molecule has 0 saturated carbocycles. The Morgan fingerprint density at radius 3 is 2.88 bits per heavy atom. The van der Waals surface area contributed by atoms with Crippen LogP contribution in [-0.2, 0) is 4.79 Å². The molecule has 17 heavy (non-hydrogen) atoms. The van der Waals surface area contributed by atoms with E-state index in [1.165, 1.54) is 12.1 Å². The minimum Gasteiger partial charge on any atom is -0.349 e. The molecule has 1 aromatic carbocycles. The van der Waals surface area contributed by atoms with Crippen molar-refractivity contribution in [2.45, 2.75) is 32.2 Å². The Balaban J connectivity index is 2.62. The molecule has 1 amide bonds. The highest BCUT2D eigenvalue weighted by atomic mass is 19.1. The number of carbonyl (C=O) groups excluding carboxylic acids is 1. The zero-order valence-electron chi connectivity index (χ0n) is 10.1. The summed E-state index contributed by atoms with van der Waals surface area (Å²) >= 11 is 0. The fourth-order valence-electron chi connectivity index (χ4n) is 1.67. The normalized spacial score (nSPS) is 12.2. The maximum atomic E-state index is 13.1. The zero-order chi connectivity index (χ0) is 12.7. The highest BCUT2D eigenvalue weighted by Crippen LogP contribution is 2.17. The zero-order valence-corrected chi connectivity index (χ0v) is 10.1. The number of hydrogen-bond acceptors (Lipinski definition) is 2. The second-order valence-corrected chi connectivity index (χ2v) is 3.98. The first-order valence-corrected chi connectivity index (χ1v) is 5.92. The van der Waals surface area contributed by atoms with Gasteiger partial charge in [0.2, 0.25) is 5.91 Å². The van der Waals surface area contributed by atoms with Crippen molar-refractivity contribution in [2.75, 3.05) is 6.54 Å². The molecule has 0 aliphatic carbocycles. The van der Waals surface area contributed by atoms with Crippen molar-refractivity contribution in [1.29, 1.82) is 0 Å². The van der Waals surface area contributed by atoms with Gasteiger partial charge in [0.15, 0.2) is 0 Å². The van der Waals surface area contributed by atoms with Crippen molar-refractivity contribution in [3.8, 4) is 0 Å². The molecule has 0 saturated heterocycles. The molecule has 94 valence electrons. The van der Waals surface area contributed by atoms with Crippen LogP contribution in [0.4, 0.5) is 4.39 Å². The van der Waals surface area contributed by atoms with Gasteiger partial charge in [-0.15, -0.1) is 0 Å². The van der Waals surface area contributed by atoms with Crippen molar-refractivity contribution in [1.82, 2.24) is 5.32 Å². The number of amides is 1. The van der Waals surface area contributed by atoms with Crippen molar-refractivity contribution in [3.63, 3.8) is 0 Å². The number of nitrogens with one attached hydrogen (secondary N) is 1. The summed E-state index contributed by atoms with van der Waals surface area (Å²) in [6, 6.07) is 6.19. The van der Waals surface area contributed by atoms with Gasteiger partial charge in [-0.05, 0) is 37.1 Å². The number of rotatable bonds is 6. The number of hydrogen-bond donors (Lipinski definition) is 2. The molecular weight excluding hydrogens is 219 g/mol. The number of nitrogens with two attached hydrogens (primary N) is 1. The lowest BCUT2D eigenvalue weighted by molar-refractivity contribution is -0.121. The molecular formula is C13H19FN2O. The second-order valence-electron chi connectivity index (χ2n) is 3.98. The first-order valence-electron chi connectivity index (χ1n) is 5.92. The van der Waals surface area contributed by atoms with E-state index in [0.717, 1.165) is 12.0 Å². The molecule has 0 aliphatic heterocycles. The van der Waals surface area contributed by atoms with E-state index in [9.17, 15) is 9.18 Å². The van der Waals surface area contributed by atoms with Crippen LogP contribution < -0.4 is 11.1 Å². The first kappa shape index (κ1) is 13.6. The van der Waals surface area contributed by atoms with E-state index in [4.69, 9.17) is 5.73 Å². The van der Waals surface area contributed by atoms with Crippen LogP contribution in [0.25, 0.3) is 0 Å². The third kappa shape index (κ3) is 4.53. The molecule has 0 aromatic heterocycles. The van der Waals surface area contributed by atoms with E-state index in [1.54, 1.807) is 6.07 Å². The molecule has 3 nitrogen and oxygen atoms in total. The fraction of sp³-hybridized carbons (Fsp3) is 0.462. The van der Waals surface area contributed by atoms with Gasteiger partial charge in [-0.25, -0.2) is 4.39 Å². The molecule has 0 heterocycles. The Labute approximate surface area is 101 Å². The number of carbonyl (C=O) groups is 1. The van der Waals surface area contributed by atoms with E-state index >= 15 is 0 Å². The lowest BCUT2D eigenvalue weighted by Gasteiger charge is -2.17. The maximum absolute atomic E-state index is 13.1. The van der Waals surface area contributed by atoms with E-state index < -0.39 is 0 Å². The van der Waals surface area contributed by atoms with Gasteiger partial charge in [0.05, 0.1) is 6.04 Å². The van der Waals surface area contributed by atoms with Gasteiger partial charge < -0.3 is 11.1 Å². The standard InChI is InChI=1S/C13H19FN2O/c1-2-12(16-13(17)7-4-8-15)10-5-3-6-11(14)9-10/h3,5-6,9,12H,2,4,7-8,15H2,1H3,(H,16,17). The number of benzene rings is 1. The highest BCUT2D eigenvalue weighted by molar-refractivity contribution is 5.76. The average Bonchev–Trinajstić information content (AvgIpc) is 2.33. The molecule has 1 rings (SSSR count). The van der Waals surface area contributed by atoms with Crippen LogP contribution in [0.5, 0.6) is 0 Å². The summed E-state index contributed by atoms with van der Waals surface area (Å²) in [4.78, 5) is 11.6. The van der Waals surface area contributed by atoms with E-state index in [0.29, 0.717) is 19.4 Å². The molecule has 0 spiro atoms. The van der Waals surface area contributed by atoms with Crippen LogP contribution in [0.2, 0.25) is 0 Å². The van der Waals surface area contributed by atoms with Gasteiger partial charge in [0.1, 0.15) is 5.82 Å². The van der Waals surface area contributed by atoms with Gasteiger partial charge in [0.25, 0.3) is 0 Å². The Morgan fingerprint density at radius 2 is 2.29 bits per heavy atom. The minimum absolute atomic E-state index is 0.0356. The topological polar surface area (TPSA) is 55.1 Å². The van der Waals surface area contributed by atoms with Crippen LogP contribution in [0.3, 0.4) is 0 Å². The van der Waals surface area contributed by atoms with E-state index in [2.05, 4.69) is 5.32 Å². The van der Waals surface area contributed by atoms with Gasteiger partial charge in [-0.1, -0.05) is 19.1 Å². The summed E-state index contributed by atoms with van der Waals surface area (Å²) in [7, 11) is 0. The molecule has 3 N–H and O–H groups in total. The van der Waals surface area contributed by atoms with Gasteiger partial charge in [-0.3, -0.25) is 4.79 Å². The summed E-state index contributed by atoms with van der Waals surface area (Å²) in [5.74, 6) is -0.316. The Kier molecular flexibility index (Phi) is 5.63. The third-order valence-electron chi connectivity index (χ3n) is 2.60. The molecule has 0 bridgehead atoms. The number of halogens is 1. The maximum Gasteiger partial charge on any atom is 0.220 e. The molecule has 0 aliphatic rings. The van der Waals surface area contributed by atoms with E-state index in [-0.39, 0.29) is 17.8 Å². The summed E-state index contributed by atoms with van der Waals surface area (Å²) in [6.45, 7) is 2.46. The fourth-order valence-corrected chi connectivity index (χ4v) is 1.67. The SMILES string of the molecule is CCC(NC(=O)CCCN)c1cccc(F)c1. The third-order valence-corrected chi connectivity index (χ3v) is 2.60. The molecule has 1 aromatic rings. The van der Waals surface area contributed by atoms with Crippen molar-refractivity contribution < 1.29 is 9.18 Å². The smallest absolute Gasteiger partial charge is 0.220 e. The Morgan fingerprint density at radius 1 is 1.53 bits per heavy atom. The summed E-state index contributed by atoms with van der Waals surface area (Å²) in [6.07, 6.45) is 1.82. The van der Waals surface area contributed by atoms with Crippen LogP contribution in [-0.4, -0.2) is 12.5 Å². The first-order chi connectivity index (χ1) is 8.17. The Bertz CT molecular complexity index is 368. The van der Waals surface area contributed by atoms with Crippen molar-refractivity contribution >= 4 is 5.91 Å². The lowest BCUT2D eigenvalue weighted by Crippen LogP contribution is -2.28. The van der Waals surface area contributed by atoms with Gasteiger partial charge >= 0.3 is 0 Å². The highest BCUT2D eigenvalue weighted by Gasteiger charge is 2.12. The van der Waals surface area contributed by atoms with Gasteiger partial charge in [-0.2, -0.15) is 0 Å². The van der Waals surface area contributed by atoms with Crippen molar-refractivity contribution in [2.24, 2.45) is 5.73 Å². The lowest BCUT2D eigenvalue weighted by atomic mass is 10.0. The molecule has 1 atom stereocenters. The van der Waals surface area contributed by atoms with Crippen LogP contribution >= 0.6 is 0 Å². The van der Waals surface area contributed by atoms with Crippen LogP contribution in [0, 0.1) is 5.82 Å². The molecule has 0 radical (unpaired) electrons. The summed E-state index contributed by atoms with van der Waals surface area (Å²) in [5, 5.41) is 2.88.